The van der Waals surface area contributed by atoms with Gasteiger partial charge >= 0.3 is 0 Å². The van der Waals surface area contributed by atoms with Gasteiger partial charge in [0.05, 0.1) is 0 Å². The first-order valence-corrected chi connectivity index (χ1v) is 7.89. The molecular formula is C20H16ClNO2. The molecule has 0 aromatic heterocycles. The molecule has 0 atom stereocenters. The quantitative estimate of drug-likeness (QED) is 0.663. The molecule has 3 nitrogen and oxygen atoms in total. The van der Waals surface area contributed by atoms with Crippen molar-refractivity contribution in [1.82, 2.24) is 0 Å². The van der Waals surface area contributed by atoms with Crippen molar-refractivity contribution in [3.05, 3.63) is 88.9 Å². The smallest absolute Gasteiger partial charge is 0.255 e. The molecule has 1 N–H and O–H groups in total. The molecule has 3 aromatic rings. The van der Waals surface area contributed by atoms with Crippen molar-refractivity contribution in [2.24, 2.45) is 0 Å². The zero-order valence-corrected chi connectivity index (χ0v) is 13.9. The second kappa shape index (κ2) is 7.20. The number of carbonyl (C=O) groups excluding carboxylic acids is 1. The van der Waals surface area contributed by atoms with E-state index in [1.165, 1.54) is 5.56 Å². The highest BCUT2D eigenvalue weighted by Crippen LogP contribution is 2.23. The van der Waals surface area contributed by atoms with Gasteiger partial charge in [0, 0.05) is 16.3 Å². The largest absolute Gasteiger partial charge is 0.457 e. The molecule has 0 fully saturated rings. The van der Waals surface area contributed by atoms with Gasteiger partial charge in [-0.25, -0.2) is 0 Å². The average molecular weight is 338 g/mol. The summed E-state index contributed by atoms with van der Waals surface area (Å²) in [6, 6.07) is 21.9. The van der Waals surface area contributed by atoms with Crippen LogP contribution in [0, 0.1) is 6.92 Å². The molecule has 0 aliphatic heterocycles. The predicted molar refractivity (Wildman–Crippen MR) is 97.1 cm³/mol. The Balaban J connectivity index is 1.66. The average Bonchev–Trinajstić information content (AvgIpc) is 2.59. The Hall–Kier alpha value is -2.78. The van der Waals surface area contributed by atoms with E-state index < -0.39 is 0 Å². The summed E-state index contributed by atoms with van der Waals surface area (Å²) in [7, 11) is 0. The molecule has 4 heteroatoms. The van der Waals surface area contributed by atoms with Gasteiger partial charge in [-0.15, -0.1) is 0 Å². The first-order valence-electron chi connectivity index (χ1n) is 7.52. The third-order valence-electron chi connectivity index (χ3n) is 3.46. The summed E-state index contributed by atoms with van der Waals surface area (Å²) < 4.78 is 5.76. The van der Waals surface area contributed by atoms with Gasteiger partial charge in [-0.1, -0.05) is 35.4 Å². The van der Waals surface area contributed by atoms with E-state index in [1.54, 1.807) is 36.4 Å². The third-order valence-corrected chi connectivity index (χ3v) is 3.69. The van der Waals surface area contributed by atoms with Crippen molar-refractivity contribution >= 4 is 23.2 Å². The van der Waals surface area contributed by atoms with Crippen molar-refractivity contribution in [3.8, 4) is 11.5 Å². The van der Waals surface area contributed by atoms with Crippen molar-refractivity contribution in [2.75, 3.05) is 5.32 Å². The lowest BCUT2D eigenvalue weighted by Crippen LogP contribution is -2.11. The fraction of sp³-hybridized carbons (Fsp3) is 0.0500. The van der Waals surface area contributed by atoms with Gasteiger partial charge in [-0.2, -0.15) is 0 Å². The Morgan fingerprint density at radius 3 is 2.17 bits per heavy atom. The number of anilines is 1. The van der Waals surface area contributed by atoms with Gasteiger partial charge in [0.1, 0.15) is 11.5 Å². The minimum atomic E-state index is -0.204. The summed E-state index contributed by atoms with van der Waals surface area (Å²) in [4.78, 5) is 12.2. The highest BCUT2D eigenvalue weighted by Gasteiger charge is 2.06. The van der Waals surface area contributed by atoms with Crippen molar-refractivity contribution in [2.45, 2.75) is 6.92 Å². The number of halogens is 1. The molecule has 0 saturated carbocycles. The van der Waals surface area contributed by atoms with Crippen LogP contribution in [0.5, 0.6) is 11.5 Å². The van der Waals surface area contributed by atoms with Crippen LogP contribution in [0.1, 0.15) is 15.9 Å². The van der Waals surface area contributed by atoms with Crippen LogP contribution in [0.2, 0.25) is 5.02 Å². The first kappa shape index (κ1) is 16.1. The minimum Gasteiger partial charge on any atom is -0.457 e. The Kier molecular flexibility index (Phi) is 4.82. The summed E-state index contributed by atoms with van der Waals surface area (Å²) >= 11 is 5.90. The molecule has 0 unspecified atom stereocenters. The topological polar surface area (TPSA) is 38.3 Å². The normalized spacial score (nSPS) is 10.2. The van der Waals surface area contributed by atoms with Gasteiger partial charge in [0.2, 0.25) is 0 Å². The van der Waals surface area contributed by atoms with Crippen LogP contribution in [0.3, 0.4) is 0 Å². The lowest BCUT2D eigenvalue weighted by Gasteiger charge is -2.08. The first-order chi connectivity index (χ1) is 11.6. The van der Waals surface area contributed by atoms with E-state index in [2.05, 4.69) is 5.32 Å². The van der Waals surface area contributed by atoms with Crippen LogP contribution >= 0.6 is 11.6 Å². The van der Waals surface area contributed by atoms with Crippen LogP contribution in [0.4, 0.5) is 5.69 Å². The number of nitrogens with one attached hydrogen (secondary N) is 1. The zero-order valence-electron chi connectivity index (χ0n) is 13.1. The summed E-state index contributed by atoms with van der Waals surface area (Å²) in [5.41, 5.74) is 2.39. The van der Waals surface area contributed by atoms with Gasteiger partial charge in [-0.3, -0.25) is 4.79 Å². The van der Waals surface area contributed by atoms with E-state index in [-0.39, 0.29) is 5.91 Å². The summed E-state index contributed by atoms with van der Waals surface area (Å²) in [6.45, 7) is 2.03. The van der Waals surface area contributed by atoms with E-state index >= 15 is 0 Å². The lowest BCUT2D eigenvalue weighted by molar-refractivity contribution is 0.102. The van der Waals surface area contributed by atoms with Gasteiger partial charge in [-0.05, 0) is 61.5 Å². The van der Waals surface area contributed by atoms with Gasteiger partial charge in [0.15, 0.2) is 0 Å². The second-order valence-corrected chi connectivity index (χ2v) is 5.84. The minimum absolute atomic E-state index is 0.204. The molecule has 0 radical (unpaired) electrons. The van der Waals surface area contributed by atoms with Crippen LogP contribution in [0.25, 0.3) is 0 Å². The Morgan fingerprint density at radius 2 is 1.54 bits per heavy atom. The summed E-state index contributed by atoms with van der Waals surface area (Å²) in [5.74, 6) is 1.28. The molecule has 24 heavy (non-hydrogen) atoms. The van der Waals surface area contributed by atoms with E-state index in [0.717, 1.165) is 5.75 Å². The zero-order chi connectivity index (χ0) is 16.9. The predicted octanol–water partition coefficient (Wildman–Crippen LogP) is 5.69. The van der Waals surface area contributed by atoms with E-state index in [0.29, 0.717) is 22.0 Å². The highest BCUT2D eigenvalue weighted by atomic mass is 35.5. The number of rotatable bonds is 4. The lowest BCUT2D eigenvalue weighted by atomic mass is 10.2. The number of aryl methyl sites for hydroxylation is 1. The molecule has 3 rings (SSSR count). The maximum atomic E-state index is 12.2. The number of ether oxygens (including phenoxy) is 1. The molecule has 0 aliphatic rings. The maximum absolute atomic E-state index is 12.2. The number of hydrogen-bond donors (Lipinski definition) is 1. The second-order valence-electron chi connectivity index (χ2n) is 5.40. The van der Waals surface area contributed by atoms with Gasteiger partial charge < -0.3 is 10.1 Å². The third kappa shape index (κ3) is 4.15. The van der Waals surface area contributed by atoms with Crippen LogP contribution in [-0.4, -0.2) is 5.91 Å². The molecule has 0 saturated heterocycles. The SMILES string of the molecule is Cc1ccc(Oc2ccc(NC(=O)c3cccc(Cl)c3)cc2)cc1. The Labute approximate surface area is 145 Å². The van der Waals surface area contributed by atoms with Crippen molar-refractivity contribution in [3.63, 3.8) is 0 Å². The molecular weight excluding hydrogens is 322 g/mol. The van der Waals surface area contributed by atoms with Crippen LogP contribution in [-0.2, 0) is 0 Å². The molecule has 3 aromatic carbocycles. The maximum Gasteiger partial charge on any atom is 0.255 e. The van der Waals surface area contributed by atoms with Crippen LogP contribution in [0.15, 0.2) is 72.8 Å². The monoisotopic (exact) mass is 337 g/mol. The van der Waals surface area contributed by atoms with E-state index in [9.17, 15) is 4.79 Å². The summed E-state index contributed by atoms with van der Waals surface area (Å²) in [5, 5.41) is 3.36. The number of hydrogen-bond acceptors (Lipinski definition) is 2. The summed E-state index contributed by atoms with van der Waals surface area (Å²) in [6.07, 6.45) is 0. The molecule has 1 amide bonds. The molecule has 0 aliphatic carbocycles. The van der Waals surface area contributed by atoms with Crippen molar-refractivity contribution < 1.29 is 9.53 Å². The van der Waals surface area contributed by atoms with Gasteiger partial charge in [0.25, 0.3) is 5.91 Å². The molecule has 0 bridgehead atoms. The fourth-order valence-corrected chi connectivity index (χ4v) is 2.37. The molecule has 120 valence electrons. The van der Waals surface area contributed by atoms with Crippen LogP contribution < -0.4 is 10.1 Å². The molecule has 0 heterocycles. The van der Waals surface area contributed by atoms with E-state index in [1.807, 2.05) is 43.3 Å². The Bertz CT molecular complexity index is 842. The highest BCUT2D eigenvalue weighted by molar-refractivity contribution is 6.31. The number of benzene rings is 3. The van der Waals surface area contributed by atoms with E-state index in [4.69, 9.17) is 16.3 Å². The number of amides is 1. The van der Waals surface area contributed by atoms with Crippen molar-refractivity contribution in [1.29, 1.82) is 0 Å². The Morgan fingerprint density at radius 1 is 0.917 bits per heavy atom. The molecule has 0 spiro atoms. The number of carbonyl (C=O) groups is 1. The fourth-order valence-electron chi connectivity index (χ4n) is 2.18. The standard InChI is InChI=1S/C20H16ClNO2/c1-14-5-9-18(10-6-14)24-19-11-7-17(8-12-19)22-20(23)15-3-2-4-16(21)13-15/h2-13H,1H3,(H,22,23).